The third kappa shape index (κ3) is 3.48. The zero-order valence-corrected chi connectivity index (χ0v) is 12.5. The van der Waals surface area contributed by atoms with Gasteiger partial charge in [0.2, 0.25) is 0 Å². The number of carbonyl (C=O) groups excluding carboxylic acids is 1. The maximum Gasteiger partial charge on any atom is 0.326 e. The molecule has 2 rings (SSSR count). The number of nitrogens with zero attached hydrogens (tertiary/aromatic N) is 1. The third-order valence-electron chi connectivity index (χ3n) is 4.50. The lowest BCUT2D eigenvalue weighted by atomic mass is 9.98. The average Bonchev–Trinajstić information content (AvgIpc) is 3.08. The summed E-state index contributed by atoms with van der Waals surface area (Å²) in [4.78, 5) is 14.5. The Hall–Kier alpha value is -0.610. The molecule has 2 fully saturated rings. The number of rotatable bonds is 6. The Morgan fingerprint density at radius 1 is 1.42 bits per heavy atom. The molecule has 2 aliphatic carbocycles. The molecular weight excluding hydrogens is 240 g/mol. The summed E-state index contributed by atoms with van der Waals surface area (Å²) in [5, 5.41) is 0. The molecule has 0 bridgehead atoms. The second kappa shape index (κ2) is 5.80. The SMILES string of the molecule is CCOC(=O)C1(N)CCC(N(CC2CC2)C(C)C)C1. The highest BCUT2D eigenvalue weighted by Crippen LogP contribution is 2.37. The summed E-state index contributed by atoms with van der Waals surface area (Å²) in [6.07, 6.45) is 5.24. The van der Waals surface area contributed by atoms with Gasteiger partial charge in [-0.1, -0.05) is 0 Å². The molecule has 2 unspecified atom stereocenters. The highest BCUT2D eigenvalue weighted by atomic mass is 16.5. The van der Waals surface area contributed by atoms with E-state index in [1.807, 2.05) is 6.92 Å². The van der Waals surface area contributed by atoms with Gasteiger partial charge in [-0.25, -0.2) is 0 Å². The maximum atomic E-state index is 12.0. The Labute approximate surface area is 116 Å². The first-order valence-electron chi connectivity index (χ1n) is 7.68. The number of ether oxygens (including phenoxy) is 1. The van der Waals surface area contributed by atoms with Gasteiger partial charge in [0, 0.05) is 18.6 Å². The molecule has 0 aromatic rings. The second-order valence-corrected chi connectivity index (χ2v) is 6.51. The van der Waals surface area contributed by atoms with Gasteiger partial charge < -0.3 is 10.5 Å². The zero-order valence-electron chi connectivity index (χ0n) is 12.5. The maximum absolute atomic E-state index is 12.0. The lowest BCUT2D eigenvalue weighted by Gasteiger charge is -2.33. The number of nitrogens with two attached hydrogens (primary N) is 1. The highest BCUT2D eigenvalue weighted by molar-refractivity contribution is 5.81. The minimum atomic E-state index is -0.753. The Bertz CT molecular complexity index is 328. The number of carbonyl (C=O) groups is 1. The lowest BCUT2D eigenvalue weighted by Crippen LogP contribution is -2.49. The minimum absolute atomic E-state index is 0.215. The van der Waals surface area contributed by atoms with Gasteiger partial charge in [-0.05, 0) is 58.8 Å². The quantitative estimate of drug-likeness (QED) is 0.748. The van der Waals surface area contributed by atoms with Crippen molar-refractivity contribution >= 4 is 5.97 Å². The van der Waals surface area contributed by atoms with Crippen LogP contribution >= 0.6 is 0 Å². The van der Waals surface area contributed by atoms with Crippen molar-refractivity contribution in [1.82, 2.24) is 4.90 Å². The molecule has 4 nitrogen and oxygen atoms in total. The molecule has 0 heterocycles. The Morgan fingerprint density at radius 2 is 2.11 bits per heavy atom. The summed E-state index contributed by atoms with van der Waals surface area (Å²) in [6.45, 7) is 7.90. The van der Waals surface area contributed by atoms with Gasteiger partial charge in [-0.15, -0.1) is 0 Å². The van der Waals surface area contributed by atoms with Crippen LogP contribution in [-0.4, -0.2) is 41.6 Å². The van der Waals surface area contributed by atoms with Crippen LogP contribution in [0.3, 0.4) is 0 Å². The van der Waals surface area contributed by atoms with Gasteiger partial charge >= 0.3 is 5.97 Å². The van der Waals surface area contributed by atoms with E-state index in [4.69, 9.17) is 10.5 Å². The van der Waals surface area contributed by atoms with Crippen molar-refractivity contribution in [3.8, 4) is 0 Å². The number of hydrogen-bond donors (Lipinski definition) is 1. The van der Waals surface area contributed by atoms with E-state index >= 15 is 0 Å². The van der Waals surface area contributed by atoms with Crippen molar-refractivity contribution in [2.75, 3.05) is 13.2 Å². The van der Waals surface area contributed by atoms with Crippen LogP contribution in [0.4, 0.5) is 0 Å². The zero-order chi connectivity index (χ0) is 14.0. The largest absolute Gasteiger partial charge is 0.465 e. The van der Waals surface area contributed by atoms with E-state index in [2.05, 4.69) is 18.7 Å². The van der Waals surface area contributed by atoms with E-state index in [0.717, 1.165) is 25.2 Å². The van der Waals surface area contributed by atoms with Gasteiger partial charge in [0.25, 0.3) is 0 Å². The minimum Gasteiger partial charge on any atom is -0.465 e. The fraction of sp³-hybridized carbons (Fsp3) is 0.933. The molecular formula is C15H28N2O2. The molecule has 2 saturated carbocycles. The molecule has 110 valence electrons. The Balaban J connectivity index is 1.96. The van der Waals surface area contributed by atoms with Crippen LogP contribution in [-0.2, 0) is 9.53 Å². The van der Waals surface area contributed by atoms with Crippen molar-refractivity contribution in [2.45, 2.75) is 70.5 Å². The van der Waals surface area contributed by atoms with E-state index in [1.54, 1.807) is 0 Å². The fourth-order valence-electron chi connectivity index (χ4n) is 3.17. The summed E-state index contributed by atoms with van der Waals surface area (Å²) in [5.74, 6) is 0.658. The molecule has 2 atom stereocenters. The van der Waals surface area contributed by atoms with Crippen LogP contribution in [0.15, 0.2) is 0 Å². The highest BCUT2D eigenvalue weighted by Gasteiger charge is 2.45. The van der Waals surface area contributed by atoms with Crippen molar-refractivity contribution in [2.24, 2.45) is 11.7 Å². The Morgan fingerprint density at radius 3 is 2.63 bits per heavy atom. The molecule has 0 amide bonds. The summed E-state index contributed by atoms with van der Waals surface area (Å²) in [5.41, 5.74) is 5.51. The van der Waals surface area contributed by atoms with Crippen molar-refractivity contribution in [1.29, 1.82) is 0 Å². The standard InChI is InChI=1S/C15H28N2O2/c1-4-19-14(18)15(16)8-7-13(9-15)17(11(2)3)10-12-5-6-12/h11-13H,4-10,16H2,1-3H3. The van der Waals surface area contributed by atoms with Crippen molar-refractivity contribution < 1.29 is 9.53 Å². The predicted octanol–water partition coefficient (Wildman–Crippen LogP) is 1.92. The first-order chi connectivity index (χ1) is 8.96. The van der Waals surface area contributed by atoms with Gasteiger partial charge in [0.05, 0.1) is 6.61 Å². The van der Waals surface area contributed by atoms with Crippen LogP contribution in [0.1, 0.15) is 52.9 Å². The molecule has 0 radical (unpaired) electrons. The van der Waals surface area contributed by atoms with Gasteiger partial charge in [-0.3, -0.25) is 9.69 Å². The van der Waals surface area contributed by atoms with Gasteiger partial charge in [-0.2, -0.15) is 0 Å². The lowest BCUT2D eigenvalue weighted by molar-refractivity contribution is -0.149. The van der Waals surface area contributed by atoms with E-state index < -0.39 is 5.54 Å². The normalized spacial score (nSPS) is 31.2. The monoisotopic (exact) mass is 268 g/mol. The summed E-state index contributed by atoms with van der Waals surface area (Å²) < 4.78 is 5.13. The molecule has 0 aromatic heterocycles. The third-order valence-corrected chi connectivity index (χ3v) is 4.50. The second-order valence-electron chi connectivity index (χ2n) is 6.51. The summed E-state index contributed by atoms with van der Waals surface area (Å²) in [7, 11) is 0. The molecule has 0 saturated heterocycles. The summed E-state index contributed by atoms with van der Waals surface area (Å²) >= 11 is 0. The van der Waals surface area contributed by atoms with Crippen molar-refractivity contribution in [3.63, 3.8) is 0 Å². The van der Waals surface area contributed by atoms with Crippen LogP contribution in [0.2, 0.25) is 0 Å². The number of esters is 1. The Kier molecular flexibility index (Phi) is 4.51. The first-order valence-corrected chi connectivity index (χ1v) is 7.68. The van der Waals surface area contributed by atoms with Crippen LogP contribution in [0.5, 0.6) is 0 Å². The van der Waals surface area contributed by atoms with E-state index in [-0.39, 0.29) is 5.97 Å². The topological polar surface area (TPSA) is 55.6 Å². The van der Waals surface area contributed by atoms with Gasteiger partial charge in [0.15, 0.2) is 0 Å². The van der Waals surface area contributed by atoms with Crippen molar-refractivity contribution in [3.05, 3.63) is 0 Å². The summed E-state index contributed by atoms with van der Waals surface area (Å²) in [6, 6.07) is 0.963. The molecule has 0 spiro atoms. The average molecular weight is 268 g/mol. The van der Waals surface area contributed by atoms with Crippen LogP contribution in [0, 0.1) is 5.92 Å². The van der Waals surface area contributed by atoms with Gasteiger partial charge in [0.1, 0.15) is 5.54 Å². The fourth-order valence-corrected chi connectivity index (χ4v) is 3.17. The molecule has 2 aliphatic rings. The van der Waals surface area contributed by atoms with E-state index in [1.165, 1.54) is 19.4 Å². The van der Waals surface area contributed by atoms with E-state index in [0.29, 0.717) is 18.7 Å². The molecule has 0 aliphatic heterocycles. The molecule has 19 heavy (non-hydrogen) atoms. The first kappa shape index (κ1) is 14.8. The number of hydrogen-bond acceptors (Lipinski definition) is 4. The molecule has 0 aromatic carbocycles. The smallest absolute Gasteiger partial charge is 0.326 e. The molecule has 2 N–H and O–H groups in total. The van der Waals surface area contributed by atoms with E-state index in [9.17, 15) is 4.79 Å². The molecule has 4 heteroatoms. The van der Waals surface area contributed by atoms with Crippen LogP contribution in [0.25, 0.3) is 0 Å². The van der Waals surface area contributed by atoms with Crippen LogP contribution < -0.4 is 5.73 Å². The predicted molar refractivity (Wildman–Crippen MR) is 75.8 cm³/mol.